The summed E-state index contributed by atoms with van der Waals surface area (Å²) in [4.78, 5) is 6.40. The summed E-state index contributed by atoms with van der Waals surface area (Å²) in [6.07, 6.45) is 2.03. The van der Waals surface area contributed by atoms with Gasteiger partial charge in [-0.3, -0.25) is 0 Å². The second kappa shape index (κ2) is 4.20. The van der Waals surface area contributed by atoms with E-state index in [4.69, 9.17) is 14.9 Å². The summed E-state index contributed by atoms with van der Waals surface area (Å²) in [5.41, 5.74) is 6.27. The van der Waals surface area contributed by atoms with Gasteiger partial charge in [0.2, 0.25) is 0 Å². The van der Waals surface area contributed by atoms with Crippen molar-refractivity contribution in [1.82, 2.24) is 4.98 Å². The molecule has 0 aromatic carbocycles. The minimum atomic E-state index is 0.210. The average Bonchev–Trinajstić information content (AvgIpc) is 2.64. The Labute approximate surface area is 89.2 Å². The predicted molar refractivity (Wildman–Crippen MR) is 56.6 cm³/mol. The number of rotatable bonds is 2. The summed E-state index contributed by atoms with van der Waals surface area (Å²) in [6.45, 7) is 6.15. The second-order valence-corrected chi connectivity index (χ2v) is 3.99. The van der Waals surface area contributed by atoms with E-state index in [2.05, 4.69) is 23.7 Å². The zero-order valence-electron chi connectivity index (χ0n) is 9.14. The lowest BCUT2D eigenvalue weighted by molar-refractivity contribution is -0.00670. The van der Waals surface area contributed by atoms with Crippen LogP contribution in [0, 0.1) is 0 Å². The summed E-state index contributed by atoms with van der Waals surface area (Å²) in [5, 5.41) is 0. The quantitative estimate of drug-likeness (QED) is 0.782. The maximum Gasteiger partial charge on any atom is 0.297 e. The van der Waals surface area contributed by atoms with E-state index in [9.17, 15) is 0 Å². The van der Waals surface area contributed by atoms with E-state index in [1.165, 1.54) is 0 Å². The van der Waals surface area contributed by atoms with Crippen LogP contribution < -0.4 is 10.6 Å². The van der Waals surface area contributed by atoms with Crippen LogP contribution in [-0.2, 0) is 11.3 Å². The first-order chi connectivity index (χ1) is 7.19. The number of morpholine rings is 1. The summed E-state index contributed by atoms with van der Waals surface area (Å²) in [5.74, 6) is 0. The first kappa shape index (κ1) is 10.4. The van der Waals surface area contributed by atoms with E-state index >= 15 is 0 Å². The van der Waals surface area contributed by atoms with Crippen LogP contribution in [-0.4, -0.2) is 30.3 Å². The lowest BCUT2D eigenvalue weighted by atomic mass is 10.2. The highest BCUT2D eigenvalue weighted by molar-refractivity contribution is 5.28. The molecule has 1 aliphatic rings. The number of nitrogens with zero attached hydrogens (tertiary/aromatic N) is 2. The molecule has 5 nitrogen and oxygen atoms in total. The molecule has 0 amide bonds. The van der Waals surface area contributed by atoms with Crippen LogP contribution in [0.3, 0.4) is 0 Å². The second-order valence-electron chi connectivity index (χ2n) is 3.99. The molecule has 1 aromatic heterocycles. The van der Waals surface area contributed by atoms with E-state index < -0.39 is 0 Å². The number of anilines is 1. The summed E-state index contributed by atoms with van der Waals surface area (Å²) < 4.78 is 11.0. The summed E-state index contributed by atoms with van der Waals surface area (Å²) >= 11 is 0. The molecule has 5 heteroatoms. The third-order valence-corrected chi connectivity index (χ3v) is 2.44. The van der Waals surface area contributed by atoms with Crippen LogP contribution in [0.5, 0.6) is 0 Å². The van der Waals surface area contributed by atoms with E-state index in [1.807, 2.05) is 0 Å². The van der Waals surface area contributed by atoms with Gasteiger partial charge in [-0.2, -0.15) is 4.98 Å². The van der Waals surface area contributed by atoms with Gasteiger partial charge in [-0.25, -0.2) is 0 Å². The van der Waals surface area contributed by atoms with Gasteiger partial charge >= 0.3 is 0 Å². The van der Waals surface area contributed by atoms with Crippen LogP contribution >= 0.6 is 0 Å². The van der Waals surface area contributed by atoms with Crippen molar-refractivity contribution in [2.75, 3.05) is 18.0 Å². The highest BCUT2D eigenvalue weighted by Crippen LogP contribution is 2.19. The van der Waals surface area contributed by atoms with Gasteiger partial charge in [0.1, 0.15) is 6.26 Å². The highest BCUT2D eigenvalue weighted by Gasteiger charge is 2.25. The molecular weight excluding hydrogens is 194 g/mol. The molecule has 2 rings (SSSR count). The van der Waals surface area contributed by atoms with Crippen molar-refractivity contribution in [3.8, 4) is 0 Å². The Kier molecular flexibility index (Phi) is 2.93. The molecule has 0 bridgehead atoms. The maximum atomic E-state index is 5.64. The van der Waals surface area contributed by atoms with Crippen LogP contribution in [0.4, 0.5) is 6.01 Å². The number of ether oxygens (including phenoxy) is 1. The van der Waals surface area contributed by atoms with Crippen molar-refractivity contribution in [3.05, 3.63) is 12.0 Å². The van der Waals surface area contributed by atoms with Gasteiger partial charge in [-0.15, -0.1) is 0 Å². The Morgan fingerprint density at radius 3 is 2.67 bits per heavy atom. The molecule has 2 heterocycles. The van der Waals surface area contributed by atoms with E-state index in [0.29, 0.717) is 12.6 Å². The van der Waals surface area contributed by atoms with Crippen molar-refractivity contribution in [2.45, 2.75) is 32.6 Å². The fraction of sp³-hybridized carbons (Fsp3) is 0.700. The molecule has 0 unspecified atom stereocenters. The van der Waals surface area contributed by atoms with Gasteiger partial charge in [-0.05, 0) is 13.8 Å². The number of hydrogen-bond donors (Lipinski definition) is 1. The van der Waals surface area contributed by atoms with Gasteiger partial charge in [-0.1, -0.05) is 0 Å². The van der Waals surface area contributed by atoms with Gasteiger partial charge in [0.25, 0.3) is 6.01 Å². The van der Waals surface area contributed by atoms with Crippen LogP contribution in [0.2, 0.25) is 0 Å². The van der Waals surface area contributed by atoms with Crippen molar-refractivity contribution >= 4 is 6.01 Å². The molecule has 84 valence electrons. The smallest absolute Gasteiger partial charge is 0.297 e. The van der Waals surface area contributed by atoms with Crippen LogP contribution in [0.25, 0.3) is 0 Å². The molecule has 0 radical (unpaired) electrons. The Balaban J connectivity index is 2.09. The molecule has 0 spiro atoms. The first-order valence-corrected chi connectivity index (χ1v) is 5.24. The van der Waals surface area contributed by atoms with Gasteiger partial charge in [0, 0.05) is 19.6 Å². The largest absolute Gasteiger partial charge is 0.432 e. The van der Waals surface area contributed by atoms with E-state index in [-0.39, 0.29) is 12.2 Å². The maximum absolute atomic E-state index is 5.64. The zero-order chi connectivity index (χ0) is 10.8. The average molecular weight is 211 g/mol. The molecule has 1 saturated heterocycles. The number of nitrogens with two attached hydrogens (primary N) is 1. The molecule has 2 atom stereocenters. The molecule has 15 heavy (non-hydrogen) atoms. The summed E-state index contributed by atoms with van der Waals surface area (Å²) in [6, 6.07) is 0.650. The zero-order valence-corrected chi connectivity index (χ0v) is 9.14. The van der Waals surface area contributed by atoms with E-state index in [1.54, 1.807) is 6.26 Å². The minimum Gasteiger partial charge on any atom is -0.432 e. The minimum absolute atomic E-state index is 0.210. The topological polar surface area (TPSA) is 64.5 Å². The number of oxazole rings is 1. The lowest BCUT2D eigenvalue weighted by Crippen LogP contribution is -2.45. The fourth-order valence-corrected chi connectivity index (χ4v) is 1.87. The van der Waals surface area contributed by atoms with Crippen molar-refractivity contribution < 1.29 is 9.15 Å². The predicted octanol–water partition coefficient (Wildman–Crippen LogP) is 0.747. The molecular formula is C10H17N3O2. The highest BCUT2D eigenvalue weighted by atomic mass is 16.5. The van der Waals surface area contributed by atoms with Crippen molar-refractivity contribution in [1.29, 1.82) is 0 Å². The number of hydrogen-bond acceptors (Lipinski definition) is 5. The van der Waals surface area contributed by atoms with Crippen molar-refractivity contribution in [2.24, 2.45) is 5.73 Å². The SMILES string of the molecule is C[C@@H]1CN(c2nc(CN)co2)C[C@H](C)O1. The molecule has 1 aromatic rings. The molecule has 0 saturated carbocycles. The normalized spacial score (nSPS) is 27.0. The number of aromatic nitrogens is 1. The van der Waals surface area contributed by atoms with Crippen LogP contribution in [0.1, 0.15) is 19.5 Å². The Bertz CT molecular complexity index is 316. The lowest BCUT2D eigenvalue weighted by Gasteiger charge is -2.34. The Morgan fingerprint density at radius 1 is 1.47 bits per heavy atom. The van der Waals surface area contributed by atoms with Crippen LogP contribution in [0.15, 0.2) is 10.7 Å². The summed E-state index contributed by atoms with van der Waals surface area (Å²) in [7, 11) is 0. The Hall–Kier alpha value is -1.07. The fourth-order valence-electron chi connectivity index (χ4n) is 1.87. The molecule has 0 aliphatic carbocycles. The van der Waals surface area contributed by atoms with Gasteiger partial charge < -0.3 is 19.8 Å². The standard InChI is InChI=1S/C10H17N3O2/c1-7-4-13(5-8(2)15-7)10-12-9(3-11)6-14-10/h6-8H,3-5,11H2,1-2H3/t7-,8+. The molecule has 1 fully saturated rings. The third-order valence-electron chi connectivity index (χ3n) is 2.44. The Morgan fingerprint density at radius 2 is 2.13 bits per heavy atom. The first-order valence-electron chi connectivity index (χ1n) is 5.24. The van der Waals surface area contributed by atoms with Gasteiger partial charge in [0.05, 0.1) is 17.9 Å². The van der Waals surface area contributed by atoms with E-state index in [0.717, 1.165) is 18.8 Å². The monoisotopic (exact) mass is 211 g/mol. The third kappa shape index (κ3) is 2.30. The van der Waals surface area contributed by atoms with Gasteiger partial charge in [0.15, 0.2) is 0 Å². The molecule has 1 aliphatic heterocycles. The molecule has 2 N–H and O–H groups in total. The van der Waals surface area contributed by atoms with Crippen molar-refractivity contribution in [3.63, 3.8) is 0 Å².